The fourth-order valence-electron chi connectivity index (χ4n) is 3.08. The molecule has 1 unspecified atom stereocenters. The van der Waals surface area contributed by atoms with Gasteiger partial charge in [-0.05, 0) is 44.8 Å². The molecule has 27 heavy (non-hydrogen) atoms. The number of pyridine rings is 1. The number of aliphatic imine (C=N–C) groups is 1. The first-order chi connectivity index (χ1) is 12.9. The van der Waals surface area contributed by atoms with E-state index in [4.69, 9.17) is 11.6 Å². The van der Waals surface area contributed by atoms with Crippen molar-refractivity contribution in [1.82, 2.24) is 9.88 Å². The van der Waals surface area contributed by atoms with Gasteiger partial charge in [-0.15, -0.1) is 0 Å². The molecule has 1 aliphatic heterocycles. The van der Waals surface area contributed by atoms with Crippen molar-refractivity contribution in [3.63, 3.8) is 0 Å². The molecule has 0 radical (unpaired) electrons. The van der Waals surface area contributed by atoms with Gasteiger partial charge in [-0.25, -0.2) is 14.4 Å². The third kappa shape index (κ3) is 4.34. The lowest BCUT2D eigenvalue weighted by atomic mass is 9.96. The van der Waals surface area contributed by atoms with Crippen LogP contribution in [0.4, 0.5) is 10.2 Å². The molecular weight excluding hydrogens is 367 g/mol. The maximum Gasteiger partial charge on any atom is 0.155 e. The van der Waals surface area contributed by atoms with Crippen LogP contribution in [0.25, 0.3) is 0 Å². The number of hydrogen-bond donors (Lipinski definition) is 1. The van der Waals surface area contributed by atoms with Crippen molar-refractivity contribution < 1.29 is 9.60 Å². The summed E-state index contributed by atoms with van der Waals surface area (Å²) in [6.45, 7) is 2.15. The molecule has 0 amide bonds. The maximum absolute atomic E-state index is 13.4. The highest BCUT2D eigenvalue weighted by Gasteiger charge is 2.23. The molecule has 1 aromatic heterocycles. The lowest BCUT2D eigenvalue weighted by Gasteiger charge is -2.19. The predicted molar refractivity (Wildman–Crippen MR) is 106 cm³/mol. The van der Waals surface area contributed by atoms with Gasteiger partial charge < -0.3 is 10.1 Å². The van der Waals surface area contributed by atoms with Crippen LogP contribution in [0.2, 0.25) is 5.02 Å². The van der Waals surface area contributed by atoms with E-state index >= 15 is 0 Å². The standard InChI is InChI=1S/C20H22ClFN4O/c1-12(26(2)3)8-14-11-16-15(6-7-23-20(16)24-14)19(25-27)10-13-4-5-18(22)17(21)9-13/h4-7,9,12,27H,8,10-11H2,1-3H3/b25-19+. The minimum atomic E-state index is -0.472. The van der Waals surface area contributed by atoms with Crippen LogP contribution >= 0.6 is 11.6 Å². The van der Waals surface area contributed by atoms with Crippen LogP contribution < -0.4 is 0 Å². The summed E-state index contributed by atoms with van der Waals surface area (Å²) in [7, 11) is 4.09. The van der Waals surface area contributed by atoms with Gasteiger partial charge in [0.1, 0.15) is 5.82 Å². The highest BCUT2D eigenvalue weighted by molar-refractivity contribution is 6.30. The molecule has 2 aromatic rings. The minimum absolute atomic E-state index is 0.0491. The van der Waals surface area contributed by atoms with Gasteiger partial charge in [0.05, 0.1) is 10.7 Å². The average Bonchev–Trinajstić information content (AvgIpc) is 3.05. The van der Waals surface area contributed by atoms with E-state index < -0.39 is 5.82 Å². The van der Waals surface area contributed by atoms with Crippen molar-refractivity contribution in [2.24, 2.45) is 10.1 Å². The molecule has 0 saturated heterocycles. The Morgan fingerprint density at radius 3 is 2.81 bits per heavy atom. The summed E-state index contributed by atoms with van der Waals surface area (Å²) in [5.74, 6) is 0.201. The normalized spacial score (nSPS) is 15.0. The summed E-state index contributed by atoms with van der Waals surface area (Å²) < 4.78 is 13.4. The van der Waals surface area contributed by atoms with Gasteiger partial charge in [0.15, 0.2) is 5.82 Å². The summed E-state index contributed by atoms with van der Waals surface area (Å²) in [4.78, 5) is 11.2. The van der Waals surface area contributed by atoms with Gasteiger partial charge in [0, 0.05) is 48.3 Å². The first-order valence-electron chi connectivity index (χ1n) is 8.75. The first-order valence-corrected chi connectivity index (χ1v) is 9.12. The molecule has 1 aliphatic rings. The van der Waals surface area contributed by atoms with Crippen LogP contribution in [0.15, 0.2) is 40.6 Å². The summed E-state index contributed by atoms with van der Waals surface area (Å²) >= 11 is 5.86. The van der Waals surface area contributed by atoms with Gasteiger partial charge in [-0.3, -0.25) is 0 Å². The molecule has 3 rings (SSSR count). The molecule has 5 nitrogen and oxygen atoms in total. The third-order valence-electron chi connectivity index (χ3n) is 4.88. The van der Waals surface area contributed by atoms with E-state index in [1.54, 1.807) is 18.3 Å². The van der Waals surface area contributed by atoms with E-state index in [1.165, 1.54) is 6.07 Å². The Balaban J connectivity index is 1.83. The minimum Gasteiger partial charge on any atom is -0.411 e. The monoisotopic (exact) mass is 388 g/mol. The molecule has 142 valence electrons. The largest absolute Gasteiger partial charge is 0.411 e. The van der Waals surface area contributed by atoms with E-state index in [0.717, 1.165) is 28.8 Å². The second-order valence-electron chi connectivity index (χ2n) is 7.00. The molecule has 7 heteroatoms. The molecule has 0 bridgehead atoms. The van der Waals surface area contributed by atoms with Crippen molar-refractivity contribution >= 4 is 28.8 Å². The Morgan fingerprint density at radius 1 is 1.37 bits per heavy atom. The Bertz CT molecular complexity index is 911. The van der Waals surface area contributed by atoms with Gasteiger partial charge in [0.25, 0.3) is 0 Å². The lowest BCUT2D eigenvalue weighted by molar-refractivity contribution is 0.318. The zero-order valence-electron chi connectivity index (χ0n) is 15.6. The Morgan fingerprint density at radius 2 is 2.15 bits per heavy atom. The van der Waals surface area contributed by atoms with Crippen LogP contribution in [-0.4, -0.2) is 46.7 Å². The summed E-state index contributed by atoms with van der Waals surface area (Å²) in [6, 6.07) is 6.69. The molecule has 0 fully saturated rings. The predicted octanol–water partition coefficient (Wildman–Crippen LogP) is 4.26. The molecule has 0 saturated carbocycles. The highest BCUT2D eigenvalue weighted by Crippen LogP contribution is 2.30. The van der Waals surface area contributed by atoms with Gasteiger partial charge in [-0.1, -0.05) is 22.8 Å². The van der Waals surface area contributed by atoms with Crippen molar-refractivity contribution in [2.75, 3.05) is 14.1 Å². The lowest BCUT2D eigenvalue weighted by Crippen LogP contribution is -2.27. The number of oxime groups is 1. The Labute approximate surface area is 163 Å². The van der Waals surface area contributed by atoms with Crippen LogP contribution in [0.3, 0.4) is 0 Å². The molecule has 1 aromatic carbocycles. The van der Waals surface area contributed by atoms with E-state index in [0.29, 0.717) is 30.4 Å². The topological polar surface area (TPSA) is 61.1 Å². The zero-order chi connectivity index (χ0) is 19.6. The first kappa shape index (κ1) is 19.5. The molecule has 0 spiro atoms. The van der Waals surface area contributed by atoms with Gasteiger partial charge in [0.2, 0.25) is 0 Å². The molecule has 1 N–H and O–H groups in total. The third-order valence-corrected chi connectivity index (χ3v) is 5.17. The van der Waals surface area contributed by atoms with Crippen LogP contribution in [0.5, 0.6) is 0 Å². The van der Waals surface area contributed by atoms with Crippen molar-refractivity contribution in [2.45, 2.75) is 32.2 Å². The smallest absolute Gasteiger partial charge is 0.155 e. The number of fused-ring (bicyclic) bond motifs is 1. The zero-order valence-corrected chi connectivity index (χ0v) is 16.3. The van der Waals surface area contributed by atoms with Crippen molar-refractivity contribution in [3.8, 4) is 0 Å². The fraction of sp³-hybridized carbons (Fsp3) is 0.350. The summed E-state index contributed by atoms with van der Waals surface area (Å²) in [5.41, 5.74) is 4.07. The number of halogens is 2. The van der Waals surface area contributed by atoms with Crippen molar-refractivity contribution in [1.29, 1.82) is 0 Å². The van der Waals surface area contributed by atoms with Crippen LogP contribution in [-0.2, 0) is 12.8 Å². The fourth-order valence-corrected chi connectivity index (χ4v) is 3.29. The number of aromatic nitrogens is 1. The number of hydrogen-bond acceptors (Lipinski definition) is 5. The highest BCUT2D eigenvalue weighted by atomic mass is 35.5. The van der Waals surface area contributed by atoms with Crippen molar-refractivity contribution in [3.05, 3.63) is 58.0 Å². The molecule has 0 aliphatic carbocycles. The number of rotatable bonds is 6. The summed E-state index contributed by atoms with van der Waals surface area (Å²) in [5, 5.41) is 13.1. The average molecular weight is 389 g/mol. The number of benzene rings is 1. The SMILES string of the molecule is CC(CC1=Nc2nccc(/C(Cc3ccc(F)c(Cl)c3)=N/O)c2C1)N(C)C. The number of nitrogens with zero attached hydrogens (tertiary/aromatic N) is 4. The molecule has 2 heterocycles. The van der Waals surface area contributed by atoms with Gasteiger partial charge in [-0.2, -0.15) is 0 Å². The maximum atomic E-state index is 13.4. The van der Waals surface area contributed by atoms with E-state index in [-0.39, 0.29) is 5.02 Å². The van der Waals surface area contributed by atoms with E-state index in [1.807, 2.05) is 20.2 Å². The second kappa shape index (κ2) is 8.15. The quantitative estimate of drug-likeness (QED) is 0.457. The molecule has 1 atom stereocenters. The van der Waals surface area contributed by atoms with E-state index in [2.05, 4.69) is 27.0 Å². The summed E-state index contributed by atoms with van der Waals surface area (Å²) in [6.07, 6.45) is 3.52. The van der Waals surface area contributed by atoms with E-state index in [9.17, 15) is 9.60 Å². The molecular formula is C20H22ClFN4O. The van der Waals surface area contributed by atoms with Crippen LogP contribution in [0, 0.1) is 5.82 Å². The van der Waals surface area contributed by atoms with Gasteiger partial charge >= 0.3 is 0 Å². The Hall–Kier alpha value is -2.31. The Kier molecular flexibility index (Phi) is 5.87. The van der Waals surface area contributed by atoms with Crippen LogP contribution in [0.1, 0.15) is 30.0 Å². The second-order valence-corrected chi connectivity index (χ2v) is 7.41.